The van der Waals surface area contributed by atoms with Crippen LogP contribution in [0.2, 0.25) is 0 Å². The van der Waals surface area contributed by atoms with E-state index < -0.39 is 17.4 Å². The molecule has 2 aliphatic carbocycles. The highest BCUT2D eigenvalue weighted by molar-refractivity contribution is 6.21. The molecule has 1 aliphatic heterocycles. The summed E-state index contributed by atoms with van der Waals surface area (Å²) >= 11 is 0. The first kappa shape index (κ1) is 9.81. The smallest absolute Gasteiger partial charge is 0.277 e. The lowest BCUT2D eigenvalue weighted by Crippen LogP contribution is -2.61. The second-order valence-electron chi connectivity index (χ2n) is 5.09. The molecule has 1 N–H and O–H groups in total. The lowest BCUT2D eigenvalue weighted by atomic mass is 10.00. The quantitative estimate of drug-likeness (QED) is 0.697. The van der Waals surface area contributed by atoms with Gasteiger partial charge in [-0.1, -0.05) is 0 Å². The first-order valence-corrected chi connectivity index (χ1v) is 5.75. The molecule has 3 rings (SSSR count). The van der Waals surface area contributed by atoms with Gasteiger partial charge in [0.05, 0.1) is 0 Å². The lowest BCUT2D eigenvalue weighted by Gasteiger charge is -2.34. The van der Waals surface area contributed by atoms with E-state index in [2.05, 4.69) is 5.32 Å². The number of rotatable bonds is 2. The van der Waals surface area contributed by atoms with Crippen LogP contribution < -0.4 is 5.32 Å². The predicted octanol–water partition coefficient (Wildman–Crippen LogP) is 0.643. The van der Waals surface area contributed by atoms with Gasteiger partial charge in [-0.2, -0.15) is 0 Å². The number of carbonyl (C=O) groups is 3. The van der Waals surface area contributed by atoms with Gasteiger partial charge in [0.25, 0.3) is 0 Å². The molecule has 0 radical (unpaired) electrons. The van der Waals surface area contributed by atoms with Crippen LogP contribution in [0.4, 0.5) is 4.79 Å². The van der Waals surface area contributed by atoms with Gasteiger partial charge in [0.1, 0.15) is 5.41 Å². The number of barbiturate groups is 1. The third-order valence-corrected chi connectivity index (χ3v) is 3.96. The second kappa shape index (κ2) is 2.84. The highest BCUT2D eigenvalue weighted by Crippen LogP contribution is 2.50. The summed E-state index contributed by atoms with van der Waals surface area (Å²) < 4.78 is 0. The fourth-order valence-electron chi connectivity index (χ4n) is 2.42. The molecule has 86 valence electrons. The van der Waals surface area contributed by atoms with Crippen molar-refractivity contribution in [3.05, 3.63) is 0 Å². The molecule has 0 bridgehead atoms. The summed E-state index contributed by atoms with van der Waals surface area (Å²) in [7, 11) is 0. The van der Waals surface area contributed by atoms with Crippen LogP contribution >= 0.6 is 0 Å². The molecule has 1 saturated heterocycles. The average Bonchev–Trinajstić information content (AvgIpc) is 3.10. The molecule has 4 amide bonds. The molecule has 16 heavy (non-hydrogen) atoms. The number of imide groups is 2. The van der Waals surface area contributed by atoms with Crippen molar-refractivity contribution in [2.45, 2.75) is 38.6 Å². The van der Waals surface area contributed by atoms with Crippen molar-refractivity contribution in [1.82, 2.24) is 10.2 Å². The zero-order valence-electron chi connectivity index (χ0n) is 9.16. The Kier molecular flexibility index (Phi) is 1.74. The van der Waals surface area contributed by atoms with Gasteiger partial charge in [-0.15, -0.1) is 0 Å². The number of amides is 4. The first-order chi connectivity index (χ1) is 7.56. The van der Waals surface area contributed by atoms with Gasteiger partial charge in [-0.3, -0.25) is 19.8 Å². The van der Waals surface area contributed by atoms with Crippen LogP contribution in [-0.4, -0.2) is 28.8 Å². The molecule has 3 aliphatic rings. The summed E-state index contributed by atoms with van der Waals surface area (Å²) in [5.74, 6) is -0.249. The van der Waals surface area contributed by atoms with E-state index in [0.29, 0.717) is 18.8 Å². The maximum Gasteiger partial charge on any atom is 0.331 e. The molecule has 5 heteroatoms. The normalized spacial score (nSPS) is 29.3. The van der Waals surface area contributed by atoms with E-state index in [4.69, 9.17) is 0 Å². The number of carbonyl (C=O) groups excluding carboxylic acids is 3. The Bertz CT molecular complexity index is 396. The Hall–Kier alpha value is -1.39. The molecular formula is C11H14N2O3. The van der Waals surface area contributed by atoms with Gasteiger partial charge >= 0.3 is 6.03 Å². The molecular weight excluding hydrogens is 208 g/mol. The van der Waals surface area contributed by atoms with Crippen molar-refractivity contribution in [1.29, 1.82) is 0 Å². The third kappa shape index (κ3) is 1.14. The van der Waals surface area contributed by atoms with Gasteiger partial charge in [0.15, 0.2) is 0 Å². The Morgan fingerprint density at radius 3 is 2.44 bits per heavy atom. The molecule has 2 saturated carbocycles. The van der Waals surface area contributed by atoms with E-state index >= 15 is 0 Å². The van der Waals surface area contributed by atoms with Crippen LogP contribution in [0.15, 0.2) is 0 Å². The van der Waals surface area contributed by atoms with Gasteiger partial charge in [-0.05, 0) is 38.5 Å². The zero-order valence-corrected chi connectivity index (χ0v) is 9.16. The highest BCUT2D eigenvalue weighted by atomic mass is 16.2. The van der Waals surface area contributed by atoms with Gasteiger partial charge in [0.2, 0.25) is 11.8 Å². The molecule has 0 aromatic heterocycles. The van der Waals surface area contributed by atoms with E-state index in [0.717, 1.165) is 12.8 Å². The Balaban J connectivity index is 1.89. The fourth-order valence-corrected chi connectivity index (χ4v) is 2.42. The van der Waals surface area contributed by atoms with Crippen molar-refractivity contribution in [3.8, 4) is 0 Å². The summed E-state index contributed by atoms with van der Waals surface area (Å²) in [6, 6.07) is -0.606. The van der Waals surface area contributed by atoms with E-state index in [1.807, 2.05) is 6.92 Å². The Morgan fingerprint density at radius 2 is 1.94 bits per heavy atom. The molecule has 0 aromatic carbocycles. The van der Waals surface area contributed by atoms with E-state index in [1.165, 1.54) is 4.90 Å². The van der Waals surface area contributed by atoms with Crippen molar-refractivity contribution >= 4 is 17.8 Å². The van der Waals surface area contributed by atoms with Crippen molar-refractivity contribution < 1.29 is 14.4 Å². The minimum atomic E-state index is -0.892. The van der Waals surface area contributed by atoms with Crippen molar-refractivity contribution in [2.24, 2.45) is 11.3 Å². The summed E-state index contributed by atoms with van der Waals surface area (Å²) in [5.41, 5.74) is -0.892. The lowest BCUT2D eigenvalue weighted by molar-refractivity contribution is -0.146. The van der Waals surface area contributed by atoms with Crippen LogP contribution in [0.3, 0.4) is 0 Å². The van der Waals surface area contributed by atoms with E-state index in [9.17, 15) is 14.4 Å². The number of hydrogen-bond acceptors (Lipinski definition) is 3. The highest BCUT2D eigenvalue weighted by Gasteiger charge is 2.63. The van der Waals surface area contributed by atoms with Crippen LogP contribution in [0, 0.1) is 11.3 Å². The fraction of sp³-hybridized carbons (Fsp3) is 0.727. The summed E-state index contributed by atoms with van der Waals surface area (Å²) in [5, 5.41) is 2.30. The number of hydrogen-bond donors (Lipinski definition) is 1. The standard InChI is InChI=1S/C11H14N2O3/c1-6(7-2-3-7)13-9(15)11(4-5-11)8(14)12-10(13)16/h6-7H,2-5H2,1H3,(H,12,14,16). The Labute approximate surface area is 93.2 Å². The molecule has 1 spiro atoms. The molecule has 5 nitrogen and oxygen atoms in total. The summed E-state index contributed by atoms with van der Waals surface area (Å²) in [6.07, 6.45) is 3.30. The minimum absolute atomic E-state index is 0.0712. The largest absolute Gasteiger partial charge is 0.331 e. The number of urea groups is 1. The predicted molar refractivity (Wildman–Crippen MR) is 54.2 cm³/mol. The van der Waals surface area contributed by atoms with Gasteiger partial charge in [-0.25, -0.2) is 4.79 Å². The third-order valence-electron chi connectivity index (χ3n) is 3.96. The molecule has 1 unspecified atom stereocenters. The van der Waals surface area contributed by atoms with Crippen molar-refractivity contribution in [3.63, 3.8) is 0 Å². The molecule has 3 fully saturated rings. The van der Waals surface area contributed by atoms with Crippen LogP contribution in [0.1, 0.15) is 32.6 Å². The van der Waals surface area contributed by atoms with Crippen LogP contribution in [0.5, 0.6) is 0 Å². The van der Waals surface area contributed by atoms with Crippen LogP contribution in [0.25, 0.3) is 0 Å². The second-order valence-corrected chi connectivity index (χ2v) is 5.09. The van der Waals surface area contributed by atoms with E-state index in [1.54, 1.807) is 0 Å². The van der Waals surface area contributed by atoms with Gasteiger partial charge < -0.3 is 0 Å². The maximum absolute atomic E-state index is 12.1. The molecule has 1 atom stereocenters. The zero-order chi connectivity index (χ0) is 11.5. The van der Waals surface area contributed by atoms with Crippen LogP contribution in [-0.2, 0) is 9.59 Å². The summed E-state index contributed by atoms with van der Waals surface area (Å²) in [6.45, 7) is 1.89. The minimum Gasteiger partial charge on any atom is -0.277 e. The van der Waals surface area contributed by atoms with Crippen molar-refractivity contribution in [2.75, 3.05) is 0 Å². The molecule has 0 aromatic rings. The average molecular weight is 222 g/mol. The number of nitrogens with zero attached hydrogens (tertiary/aromatic N) is 1. The topological polar surface area (TPSA) is 66.5 Å². The summed E-state index contributed by atoms with van der Waals surface area (Å²) in [4.78, 5) is 36.7. The van der Waals surface area contributed by atoms with E-state index in [-0.39, 0.29) is 11.9 Å². The maximum atomic E-state index is 12.1. The molecule has 1 heterocycles. The number of nitrogens with one attached hydrogen (secondary N) is 1. The SMILES string of the molecule is CC(C1CC1)N1C(=O)NC(=O)C2(CC2)C1=O. The first-order valence-electron chi connectivity index (χ1n) is 5.75. The van der Waals surface area contributed by atoms with Gasteiger partial charge in [0, 0.05) is 6.04 Å². The monoisotopic (exact) mass is 222 g/mol. The Morgan fingerprint density at radius 1 is 1.31 bits per heavy atom.